The van der Waals surface area contributed by atoms with E-state index < -0.39 is 0 Å². The van der Waals surface area contributed by atoms with Crippen LogP contribution in [-0.4, -0.2) is 60.1 Å². The first-order valence-electron chi connectivity index (χ1n) is 9.84. The minimum Gasteiger partial charge on any atom is -0.457 e. The Balaban J connectivity index is 1.28. The van der Waals surface area contributed by atoms with E-state index in [1.165, 1.54) is 30.9 Å². The zero-order valence-electron chi connectivity index (χ0n) is 16.1. The molecule has 3 heterocycles. The van der Waals surface area contributed by atoms with Crippen molar-refractivity contribution in [1.29, 1.82) is 0 Å². The van der Waals surface area contributed by atoms with Crippen LogP contribution >= 0.6 is 11.3 Å². The number of hydrogen-bond donors (Lipinski definition) is 1. The quantitative estimate of drug-likeness (QED) is 0.673. The van der Waals surface area contributed by atoms with Gasteiger partial charge in [0.05, 0.1) is 16.8 Å². The highest BCUT2D eigenvalue weighted by molar-refractivity contribution is 7.21. The lowest BCUT2D eigenvalue weighted by molar-refractivity contribution is 0.105. The van der Waals surface area contributed by atoms with Crippen LogP contribution in [0.4, 0.5) is 0 Å². The first-order valence-corrected chi connectivity index (χ1v) is 10.7. The minimum absolute atomic E-state index is 0.544. The molecular formula is C21H28N4OS. The maximum Gasteiger partial charge on any atom is 0.163 e. The second-order valence-electron chi connectivity index (χ2n) is 7.20. The number of rotatable bonds is 7. The predicted molar refractivity (Wildman–Crippen MR) is 112 cm³/mol. The second-order valence-corrected chi connectivity index (χ2v) is 8.23. The van der Waals surface area contributed by atoms with Gasteiger partial charge in [0.2, 0.25) is 0 Å². The van der Waals surface area contributed by atoms with Gasteiger partial charge in [0.15, 0.2) is 10.8 Å². The molecule has 1 saturated heterocycles. The second kappa shape index (κ2) is 8.52. The third kappa shape index (κ3) is 4.41. The molecule has 0 saturated carbocycles. The molecule has 1 unspecified atom stereocenters. The average molecular weight is 385 g/mol. The SMILES string of the molecule is CCN1CCN(C(C)CNCc2ccc(-c3nc4ccccc4s3)o2)CC1. The zero-order chi connectivity index (χ0) is 18.6. The van der Waals surface area contributed by atoms with Crippen LogP contribution in [0, 0.1) is 0 Å². The van der Waals surface area contributed by atoms with Crippen molar-refractivity contribution in [3.8, 4) is 10.8 Å². The van der Waals surface area contributed by atoms with Gasteiger partial charge in [-0.25, -0.2) is 4.98 Å². The minimum atomic E-state index is 0.544. The molecule has 1 aliphatic rings. The summed E-state index contributed by atoms with van der Waals surface area (Å²) in [6.45, 7) is 12.1. The van der Waals surface area contributed by atoms with Crippen LogP contribution in [0.2, 0.25) is 0 Å². The standard InChI is InChI=1S/C21H28N4OS/c1-3-24-10-12-25(13-11-24)16(2)14-22-15-17-8-9-19(26-17)21-23-18-6-4-5-7-20(18)27-21/h4-9,16,22H,3,10-15H2,1-2H3. The molecular weight excluding hydrogens is 356 g/mol. The molecule has 0 amide bonds. The summed E-state index contributed by atoms with van der Waals surface area (Å²) in [5.41, 5.74) is 1.03. The van der Waals surface area contributed by atoms with Crippen molar-refractivity contribution in [2.24, 2.45) is 0 Å². The van der Waals surface area contributed by atoms with E-state index in [0.717, 1.165) is 41.7 Å². The molecule has 1 N–H and O–H groups in total. The molecule has 4 rings (SSSR count). The summed E-state index contributed by atoms with van der Waals surface area (Å²) in [7, 11) is 0. The van der Waals surface area contributed by atoms with Crippen molar-refractivity contribution in [3.05, 3.63) is 42.2 Å². The predicted octanol–water partition coefficient (Wildman–Crippen LogP) is 3.67. The van der Waals surface area contributed by atoms with Crippen LogP contribution in [0.5, 0.6) is 0 Å². The van der Waals surface area contributed by atoms with Crippen molar-refractivity contribution < 1.29 is 4.42 Å². The Labute approximate surface area is 165 Å². The number of nitrogens with one attached hydrogen (secondary N) is 1. The Morgan fingerprint density at radius 1 is 1.15 bits per heavy atom. The lowest BCUT2D eigenvalue weighted by atomic mass is 10.2. The summed E-state index contributed by atoms with van der Waals surface area (Å²) in [6.07, 6.45) is 0. The molecule has 3 aromatic rings. The van der Waals surface area contributed by atoms with Crippen molar-refractivity contribution >= 4 is 21.6 Å². The third-order valence-electron chi connectivity index (χ3n) is 5.38. The van der Waals surface area contributed by atoms with Crippen LogP contribution in [-0.2, 0) is 6.54 Å². The van der Waals surface area contributed by atoms with Crippen LogP contribution in [0.15, 0.2) is 40.8 Å². The van der Waals surface area contributed by atoms with E-state index in [1.807, 2.05) is 24.3 Å². The largest absolute Gasteiger partial charge is 0.457 e. The van der Waals surface area contributed by atoms with Crippen LogP contribution in [0.1, 0.15) is 19.6 Å². The zero-order valence-corrected chi connectivity index (χ0v) is 17.0. The molecule has 5 nitrogen and oxygen atoms in total. The van der Waals surface area contributed by atoms with E-state index in [1.54, 1.807) is 11.3 Å². The summed E-state index contributed by atoms with van der Waals surface area (Å²) in [5, 5.41) is 4.50. The highest BCUT2D eigenvalue weighted by atomic mass is 32.1. The summed E-state index contributed by atoms with van der Waals surface area (Å²) in [5.74, 6) is 1.82. The molecule has 144 valence electrons. The smallest absolute Gasteiger partial charge is 0.163 e. The van der Waals surface area contributed by atoms with Crippen molar-refractivity contribution in [2.45, 2.75) is 26.4 Å². The lowest BCUT2D eigenvalue weighted by Gasteiger charge is -2.37. The molecule has 27 heavy (non-hydrogen) atoms. The number of hydrogen-bond acceptors (Lipinski definition) is 6. The van der Waals surface area contributed by atoms with E-state index in [-0.39, 0.29) is 0 Å². The van der Waals surface area contributed by atoms with E-state index in [9.17, 15) is 0 Å². The summed E-state index contributed by atoms with van der Waals surface area (Å²) in [6, 6.07) is 12.8. The average Bonchev–Trinajstić information content (AvgIpc) is 3.34. The fraction of sp³-hybridized carbons (Fsp3) is 0.476. The maximum atomic E-state index is 6.02. The number of nitrogens with zero attached hydrogens (tertiary/aromatic N) is 3. The normalized spacial score (nSPS) is 17.6. The van der Waals surface area contributed by atoms with Gasteiger partial charge >= 0.3 is 0 Å². The molecule has 6 heteroatoms. The van der Waals surface area contributed by atoms with Gasteiger partial charge in [-0.1, -0.05) is 19.1 Å². The third-order valence-corrected chi connectivity index (χ3v) is 6.43. The highest BCUT2D eigenvalue weighted by Crippen LogP contribution is 2.31. The molecule has 0 radical (unpaired) electrons. The van der Waals surface area contributed by atoms with Gasteiger partial charge < -0.3 is 14.6 Å². The Kier molecular flexibility index (Phi) is 5.88. The summed E-state index contributed by atoms with van der Waals surface area (Å²) >= 11 is 1.68. The summed E-state index contributed by atoms with van der Waals surface area (Å²) in [4.78, 5) is 9.77. The van der Waals surface area contributed by atoms with E-state index in [2.05, 4.69) is 46.1 Å². The number of thiazole rings is 1. The number of likely N-dealkylation sites (N-methyl/N-ethyl adjacent to an activating group) is 1. The van der Waals surface area contributed by atoms with Gasteiger partial charge in [-0.15, -0.1) is 11.3 Å². The number of piperazine rings is 1. The molecule has 2 aromatic heterocycles. The number of para-hydroxylation sites is 1. The Hall–Kier alpha value is -1.73. The van der Waals surface area contributed by atoms with Gasteiger partial charge in [-0.2, -0.15) is 0 Å². The van der Waals surface area contributed by atoms with Crippen molar-refractivity contribution in [1.82, 2.24) is 20.1 Å². The molecule has 0 spiro atoms. The van der Waals surface area contributed by atoms with Crippen LogP contribution < -0.4 is 5.32 Å². The molecule has 1 fully saturated rings. The number of benzene rings is 1. The first-order chi connectivity index (χ1) is 13.2. The van der Waals surface area contributed by atoms with Gasteiger partial charge in [-0.05, 0) is 37.7 Å². The van der Waals surface area contributed by atoms with Crippen molar-refractivity contribution in [3.63, 3.8) is 0 Å². The number of furan rings is 1. The van der Waals surface area contributed by atoms with E-state index in [0.29, 0.717) is 6.04 Å². The van der Waals surface area contributed by atoms with Gasteiger partial charge in [-0.3, -0.25) is 4.90 Å². The Morgan fingerprint density at radius 2 is 1.96 bits per heavy atom. The highest BCUT2D eigenvalue weighted by Gasteiger charge is 2.19. The summed E-state index contributed by atoms with van der Waals surface area (Å²) < 4.78 is 7.22. The monoisotopic (exact) mass is 384 g/mol. The van der Waals surface area contributed by atoms with Gasteiger partial charge in [0.1, 0.15) is 5.76 Å². The number of fused-ring (bicyclic) bond motifs is 1. The topological polar surface area (TPSA) is 44.5 Å². The lowest BCUT2D eigenvalue weighted by Crippen LogP contribution is -2.51. The molecule has 1 atom stereocenters. The molecule has 1 aromatic carbocycles. The Bertz CT molecular complexity index is 833. The van der Waals surface area contributed by atoms with E-state index >= 15 is 0 Å². The van der Waals surface area contributed by atoms with Crippen molar-refractivity contribution in [2.75, 3.05) is 39.3 Å². The van der Waals surface area contributed by atoms with Gasteiger partial charge in [0, 0.05) is 38.8 Å². The maximum absolute atomic E-state index is 6.02. The Morgan fingerprint density at radius 3 is 2.74 bits per heavy atom. The fourth-order valence-electron chi connectivity index (χ4n) is 3.62. The molecule has 0 aliphatic carbocycles. The van der Waals surface area contributed by atoms with Crippen LogP contribution in [0.25, 0.3) is 21.0 Å². The number of aromatic nitrogens is 1. The fourth-order valence-corrected chi connectivity index (χ4v) is 4.55. The van der Waals surface area contributed by atoms with E-state index in [4.69, 9.17) is 4.42 Å². The van der Waals surface area contributed by atoms with Crippen LogP contribution in [0.3, 0.4) is 0 Å². The molecule has 0 bridgehead atoms. The molecule has 1 aliphatic heterocycles. The van der Waals surface area contributed by atoms with Gasteiger partial charge in [0.25, 0.3) is 0 Å². The first kappa shape index (κ1) is 18.6.